The quantitative estimate of drug-likeness (QED) is 0.263. The van der Waals surface area contributed by atoms with Crippen molar-refractivity contribution in [3.63, 3.8) is 0 Å². The van der Waals surface area contributed by atoms with Crippen molar-refractivity contribution < 1.29 is 14.2 Å². The fraction of sp³-hybridized carbons (Fsp3) is 0.484. The Morgan fingerprint density at radius 1 is 0.794 bits per heavy atom. The Hall–Kier alpha value is -2.36. The molecule has 0 aromatic heterocycles. The molecule has 0 heterocycles. The lowest BCUT2D eigenvalue weighted by Crippen LogP contribution is -2.48. The molecule has 0 spiro atoms. The molecule has 0 saturated heterocycles. The molecule has 0 atom stereocenters. The van der Waals surface area contributed by atoms with Crippen molar-refractivity contribution in [2.45, 2.75) is 50.9 Å². The van der Waals surface area contributed by atoms with Crippen molar-refractivity contribution in [2.24, 2.45) is 17.8 Å². The van der Waals surface area contributed by atoms with Gasteiger partial charge in [-0.3, -0.25) is 0 Å². The van der Waals surface area contributed by atoms with E-state index < -0.39 is 0 Å². The summed E-state index contributed by atoms with van der Waals surface area (Å²) in [6, 6.07) is 20.5. The van der Waals surface area contributed by atoms with Gasteiger partial charge in [-0.25, -0.2) is 0 Å². The molecule has 0 amide bonds. The highest BCUT2D eigenvalue weighted by atomic mass is 16.7. The van der Waals surface area contributed by atoms with Crippen LogP contribution in [-0.2, 0) is 14.9 Å². The average molecular weight is 457 g/mol. The molecule has 4 saturated carbocycles. The molecule has 0 unspecified atom stereocenters. The number of fused-ring (bicyclic) bond motifs is 1. The fourth-order valence-electron chi connectivity index (χ4n) is 7.51. The summed E-state index contributed by atoms with van der Waals surface area (Å²) < 4.78 is 16.9. The van der Waals surface area contributed by atoms with Crippen molar-refractivity contribution in [3.05, 3.63) is 65.7 Å². The third-order valence-corrected chi connectivity index (χ3v) is 8.67. The first-order chi connectivity index (χ1) is 16.6. The number of rotatable bonds is 8. The molecule has 3 nitrogen and oxygen atoms in total. The van der Waals surface area contributed by atoms with Crippen LogP contribution in [0.2, 0.25) is 0 Å². The Labute approximate surface area is 203 Å². The molecule has 4 aliphatic carbocycles. The maximum Gasteiger partial charge on any atom is 0.189 e. The van der Waals surface area contributed by atoms with Gasteiger partial charge in [-0.1, -0.05) is 42.0 Å². The van der Waals surface area contributed by atoms with E-state index >= 15 is 0 Å². The lowest BCUT2D eigenvalue weighted by atomic mass is 9.48. The van der Waals surface area contributed by atoms with E-state index in [1.54, 1.807) is 7.11 Å². The molecule has 4 fully saturated rings. The van der Waals surface area contributed by atoms with Crippen LogP contribution in [0, 0.1) is 24.7 Å². The summed E-state index contributed by atoms with van der Waals surface area (Å²) >= 11 is 0. The maximum absolute atomic E-state index is 6.17. The number of benzene rings is 3. The van der Waals surface area contributed by atoms with Gasteiger partial charge in [0.25, 0.3) is 0 Å². The van der Waals surface area contributed by atoms with Crippen molar-refractivity contribution in [3.8, 4) is 16.9 Å². The first-order valence-electron chi connectivity index (χ1n) is 13.0. The van der Waals surface area contributed by atoms with Crippen molar-refractivity contribution >= 4 is 10.8 Å². The first-order valence-corrected chi connectivity index (χ1v) is 13.0. The van der Waals surface area contributed by atoms with E-state index in [9.17, 15) is 0 Å². The predicted octanol–water partition coefficient (Wildman–Crippen LogP) is 7.28. The van der Waals surface area contributed by atoms with Gasteiger partial charge in [0.2, 0.25) is 0 Å². The summed E-state index contributed by atoms with van der Waals surface area (Å²) in [6.45, 7) is 3.50. The summed E-state index contributed by atoms with van der Waals surface area (Å²) in [5.41, 5.74) is 5.59. The minimum Gasteiger partial charge on any atom is -0.467 e. The number of ether oxygens (including phenoxy) is 3. The van der Waals surface area contributed by atoms with Crippen LogP contribution in [0.4, 0.5) is 0 Å². The second-order valence-electron chi connectivity index (χ2n) is 11.1. The summed E-state index contributed by atoms with van der Waals surface area (Å²) in [6.07, 6.45) is 8.52. The standard InChI is InChI=1S/C31H36O3/c1-21-3-4-26-15-27(6-5-25(26)11-21)29-16-28(7-8-30(29)34-20-33-10-9-32-2)31-17-22-12-23(18-31)14-24(13-22)19-31/h3-8,11,15-16,22-24H,9-10,12-14,17-20H2,1-2H3. The van der Waals surface area contributed by atoms with Crippen LogP contribution in [0.25, 0.3) is 21.9 Å². The lowest BCUT2D eigenvalue weighted by molar-refractivity contribution is -0.00876. The van der Waals surface area contributed by atoms with Crippen molar-refractivity contribution in [2.75, 3.05) is 27.1 Å². The monoisotopic (exact) mass is 456 g/mol. The average Bonchev–Trinajstić information content (AvgIpc) is 2.83. The normalized spacial score (nSPS) is 27.4. The summed E-state index contributed by atoms with van der Waals surface area (Å²) in [5.74, 6) is 3.70. The van der Waals surface area contributed by atoms with E-state index in [0.29, 0.717) is 18.6 Å². The molecular formula is C31H36O3. The van der Waals surface area contributed by atoms with Gasteiger partial charge in [0.1, 0.15) is 5.75 Å². The van der Waals surface area contributed by atoms with Crippen molar-refractivity contribution in [1.82, 2.24) is 0 Å². The molecule has 178 valence electrons. The number of aryl methyl sites for hydroxylation is 1. The van der Waals surface area contributed by atoms with Crippen LogP contribution >= 0.6 is 0 Å². The zero-order valence-electron chi connectivity index (χ0n) is 20.5. The van der Waals surface area contributed by atoms with Crippen LogP contribution in [0.15, 0.2) is 54.6 Å². The summed E-state index contributed by atoms with van der Waals surface area (Å²) in [5, 5.41) is 2.55. The second kappa shape index (κ2) is 9.02. The van der Waals surface area contributed by atoms with E-state index in [0.717, 1.165) is 23.5 Å². The van der Waals surface area contributed by atoms with Gasteiger partial charge in [0, 0.05) is 12.7 Å². The molecule has 4 aliphatic rings. The predicted molar refractivity (Wildman–Crippen MR) is 137 cm³/mol. The Kier molecular flexibility index (Phi) is 5.87. The molecule has 7 rings (SSSR count). The van der Waals surface area contributed by atoms with Gasteiger partial charge in [-0.05, 0) is 109 Å². The molecule has 3 heteroatoms. The summed E-state index contributed by atoms with van der Waals surface area (Å²) in [4.78, 5) is 0. The Balaban J connectivity index is 1.37. The van der Waals surface area contributed by atoms with Gasteiger partial charge in [-0.2, -0.15) is 0 Å². The third-order valence-electron chi connectivity index (χ3n) is 8.67. The maximum atomic E-state index is 6.17. The third kappa shape index (κ3) is 4.14. The van der Waals surface area contributed by atoms with Crippen LogP contribution in [0.1, 0.15) is 49.7 Å². The largest absolute Gasteiger partial charge is 0.467 e. The molecule has 3 aromatic carbocycles. The Morgan fingerprint density at radius 2 is 1.50 bits per heavy atom. The van der Waals surface area contributed by atoms with E-state index in [1.165, 1.54) is 71.6 Å². The minimum absolute atomic E-state index is 0.236. The topological polar surface area (TPSA) is 27.7 Å². The lowest BCUT2D eigenvalue weighted by Gasteiger charge is -2.57. The van der Waals surface area contributed by atoms with Gasteiger partial charge in [0.05, 0.1) is 13.2 Å². The summed E-state index contributed by atoms with van der Waals surface area (Å²) in [7, 11) is 1.69. The van der Waals surface area contributed by atoms with Gasteiger partial charge in [-0.15, -0.1) is 0 Å². The molecule has 4 bridgehead atoms. The smallest absolute Gasteiger partial charge is 0.189 e. The van der Waals surface area contributed by atoms with E-state index in [4.69, 9.17) is 14.2 Å². The highest BCUT2D eigenvalue weighted by Crippen LogP contribution is 2.61. The molecule has 34 heavy (non-hydrogen) atoms. The van der Waals surface area contributed by atoms with Crippen molar-refractivity contribution in [1.29, 1.82) is 0 Å². The van der Waals surface area contributed by atoms with Crippen LogP contribution in [-0.4, -0.2) is 27.1 Å². The molecule has 0 N–H and O–H groups in total. The Morgan fingerprint density at radius 3 is 2.24 bits per heavy atom. The molecule has 0 aliphatic heterocycles. The zero-order valence-corrected chi connectivity index (χ0v) is 20.5. The molecular weight excluding hydrogens is 420 g/mol. The Bertz CT molecular complexity index is 1150. The minimum atomic E-state index is 0.236. The number of methoxy groups -OCH3 is 1. The van der Waals surface area contributed by atoms with Gasteiger partial charge < -0.3 is 14.2 Å². The highest BCUT2D eigenvalue weighted by Gasteiger charge is 2.51. The SMILES string of the molecule is COCCOCOc1ccc(C23CC4CC(CC(C4)C2)C3)cc1-c1ccc2cc(C)ccc2c1. The molecule has 3 aromatic rings. The van der Waals surface area contributed by atoms with E-state index in [2.05, 4.69) is 61.5 Å². The van der Waals surface area contributed by atoms with Gasteiger partial charge >= 0.3 is 0 Å². The molecule has 0 radical (unpaired) electrons. The van der Waals surface area contributed by atoms with E-state index in [-0.39, 0.29) is 6.79 Å². The highest BCUT2D eigenvalue weighted by molar-refractivity contribution is 5.89. The number of hydrogen-bond acceptors (Lipinski definition) is 3. The van der Waals surface area contributed by atoms with Crippen LogP contribution in [0.3, 0.4) is 0 Å². The van der Waals surface area contributed by atoms with Gasteiger partial charge in [0.15, 0.2) is 6.79 Å². The van der Waals surface area contributed by atoms with Crippen LogP contribution in [0.5, 0.6) is 5.75 Å². The fourth-order valence-corrected chi connectivity index (χ4v) is 7.51. The van der Waals surface area contributed by atoms with E-state index in [1.807, 2.05) is 0 Å². The number of hydrogen-bond donors (Lipinski definition) is 0. The van der Waals surface area contributed by atoms with Crippen LogP contribution < -0.4 is 4.74 Å². The second-order valence-corrected chi connectivity index (χ2v) is 11.1. The first kappa shape index (κ1) is 22.1. The zero-order chi connectivity index (χ0) is 23.1.